The minimum Gasteiger partial charge on any atom is -0.484 e. The number of piperazine rings is 1. The van der Waals surface area contributed by atoms with Gasteiger partial charge >= 0.3 is 0 Å². The highest BCUT2D eigenvalue weighted by molar-refractivity contribution is 5.68. The van der Waals surface area contributed by atoms with Gasteiger partial charge < -0.3 is 14.7 Å². The lowest BCUT2D eigenvalue weighted by Gasteiger charge is -2.36. The lowest BCUT2D eigenvalue weighted by molar-refractivity contribution is 0.0447. The fourth-order valence-corrected chi connectivity index (χ4v) is 3.84. The Morgan fingerprint density at radius 3 is 2.63 bits per heavy atom. The SMILES string of the molecule is CC1(CO)Cc2cc(-n3cccn3)c(N3CCN(CC(F)F)CC3)cc2O1. The average molecular weight is 378 g/mol. The fourth-order valence-electron chi connectivity index (χ4n) is 3.84. The summed E-state index contributed by atoms with van der Waals surface area (Å²) in [6, 6.07) is 5.92. The number of nitrogens with zero attached hydrogens (tertiary/aromatic N) is 4. The smallest absolute Gasteiger partial charge is 0.251 e. The van der Waals surface area contributed by atoms with Crippen LogP contribution in [0.2, 0.25) is 0 Å². The molecule has 0 saturated carbocycles. The lowest BCUT2D eigenvalue weighted by Crippen LogP contribution is -2.48. The largest absolute Gasteiger partial charge is 0.484 e. The number of aliphatic hydroxyl groups excluding tert-OH is 1. The van der Waals surface area contributed by atoms with Gasteiger partial charge in [0.2, 0.25) is 0 Å². The third-order valence-corrected chi connectivity index (χ3v) is 5.27. The van der Waals surface area contributed by atoms with Crippen molar-refractivity contribution in [2.24, 2.45) is 0 Å². The average Bonchev–Trinajstić information content (AvgIpc) is 3.28. The van der Waals surface area contributed by atoms with Gasteiger partial charge in [-0.25, -0.2) is 13.5 Å². The first kappa shape index (κ1) is 18.2. The van der Waals surface area contributed by atoms with Crippen molar-refractivity contribution < 1.29 is 18.6 Å². The minimum absolute atomic E-state index is 0.0551. The Morgan fingerprint density at radius 1 is 1.22 bits per heavy atom. The van der Waals surface area contributed by atoms with Crippen LogP contribution < -0.4 is 9.64 Å². The molecule has 1 unspecified atom stereocenters. The molecular formula is C19H24F2N4O2. The van der Waals surface area contributed by atoms with Crippen LogP contribution in [-0.4, -0.2) is 71.1 Å². The quantitative estimate of drug-likeness (QED) is 0.862. The molecule has 0 amide bonds. The number of aromatic nitrogens is 2. The number of benzene rings is 1. The third kappa shape index (κ3) is 3.64. The van der Waals surface area contributed by atoms with E-state index in [9.17, 15) is 13.9 Å². The van der Waals surface area contributed by atoms with Crippen molar-refractivity contribution >= 4 is 5.69 Å². The van der Waals surface area contributed by atoms with Gasteiger partial charge in [-0.1, -0.05) is 0 Å². The standard InChI is InChI=1S/C19H24F2N4O2/c1-19(13-26)11-14-9-16(25-4-2-3-22-25)15(10-17(14)27-19)24-7-5-23(6-8-24)12-18(20)21/h2-4,9-10,18,26H,5-8,11-13H2,1H3. The Bertz CT molecular complexity index is 791. The van der Waals surface area contributed by atoms with Crippen molar-refractivity contribution in [3.63, 3.8) is 0 Å². The number of ether oxygens (including phenoxy) is 1. The molecule has 0 spiro atoms. The van der Waals surface area contributed by atoms with Gasteiger partial charge in [-0.15, -0.1) is 0 Å². The Hall–Kier alpha value is -2.19. The number of fused-ring (bicyclic) bond motifs is 1. The highest BCUT2D eigenvalue weighted by Crippen LogP contribution is 2.41. The normalized spacial score (nSPS) is 22.9. The van der Waals surface area contributed by atoms with Crippen molar-refractivity contribution in [1.29, 1.82) is 0 Å². The van der Waals surface area contributed by atoms with Crippen LogP contribution in [0.3, 0.4) is 0 Å². The van der Waals surface area contributed by atoms with Gasteiger partial charge in [-0.3, -0.25) is 4.90 Å². The molecule has 27 heavy (non-hydrogen) atoms. The monoisotopic (exact) mass is 378 g/mol. The summed E-state index contributed by atoms with van der Waals surface area (Å²) >= 11 is 0. The van der Waals surface area contributed by atoms with Crippen LogP contribution in [-0.2, 0) is 6.42 Å². The topological polar surface area (TPSA) is 53.8 Å². The molecule has 8 heteroatoms. The molecule has 4 rings (SSSR count). The second-order valence-corrected chi connectivity index (χ2v) is 7.46. The molecule has 0 bridgehead atoms. The number of halogens is 2. The summed E-state index contributed by atoms with van der Waals surface area (Å²) in [5.41, 5.74) is 2.33. The maximum Gasteiger partial charge on any atom is 0.251 e. The van der Waals surface area contributed by atoms with E-state index in [-0.39, 0.29) is 13.2 Å². The van der Waals surface area contributed by atoms with Crippen LogP contribution in [0.5, 0.6) is 5.75 Å². The zero-order valence-electron chi connectivity index (χ0n) is 15.3. The van der Waals surface area contributed by atoms with E-state index >= 15 is 0 Å². The molecule has 0 aliphatic carbocycles. The maximum absolute atomic E-state index is 12.6. The van der Waals surface area contributed by atoms with Crippen LogP contribution in [0.1, 0.15) is 12.5 Å². The summed E-state index contributed by atoms with van der Waals surface area (Å²) in [5, 5.41) is 14.0. The maximum atomic E-state index is 12.6. The van der Waals surface area contributed by atoms with E-state index in [1.165, 1.54) is 0 Å². The van der Waals surface area contributed by atoms with Gasteiger partial charge in [0, 0.05) is 56.6 Å². The molecule has 1 atom stereocenters. The molecule has 2 aromatic rings. The molecule has 1 aromatic carbocycles. The van der Waals surface area contributed by atoms with Gasteiger partial charge in [0.1, 0.15) is 11.4 Å². The predicted octanol–water partition coefficient (Wildman–Crippen LogP) is 1.95. The second-order valence-electron chi connectivity index (χ2n) is 7.46. The summed E-state index contributed by atoms with van der Waals surface area (Å²) in [6.07, 6.45) is 1.95. The molecule has 1 saturated heterocycles. The van der Waals surface area contributed by atoms with Gasteiger partial charge in [-0.05, 0) is 19.1 Å². The molecule has 3 heterocycles. The molecule has 6 nitrogen and oxygen atoms in total. The molecule has 2 aliphatic rings. The summed E-state index contributed by atoms with van der Waals surface area (Å²) in [4.78, 5) is 3.98. The van der Waals surface area contributed by atoms with Gasteiger partial charge in [-0.2, -0.15) is 5.10 Å². The summed E-state index contributed by atoms with van der Waals surface area (Å²) in [7, 11) is 0. The summed E-state index contributed by atoms with van der Waals surface area (Å²) in [5.74, 6) is 0.771. The molecule has 1 N–H and O–H groups in total. The van der Waals surface area contributed by atoms with E-state index in [0.29, 0.717) is 32.6 Å². The van der Waals surface area contributed by atoms with Crippen molar-refractivity contribution in [2.45, 2.75) is 25.4 Å². The number of aliphatic hydroxyl groups is 1. The molecular weight excluding hydrogens is 354 g/mol. The van der Waals surface area contributed by atoms with Crippen LogP contribution in [0, 0.1) is 0 Å². The van der Waals surface area contributed by atoms with Crippen molar-refractivity contribution in [1.82, 2.24) is 14.7 Å². The van der Waals surface area contributed by atoms with E-state index in [1.807, 2.05) is 29.9 Å². The van der Waals surface area contributed by atoms with Gasteiger partial charge in [0.05, 0.1) is 24.5 Å². The Kier molecular flexibility index (Phi) is 4.77. The molecule has 146 valence electrons. The van der Waals surface area contributed by atoms with Crippen molar-refractivity contribution in [2.75, 3.05) is 44.2 Å². The number of rotatable bonds is 5. The van der Waals surface area contributed by atoms with Gasteiger partial charge in [0.25, 0.3) is 6.43 Å². The number of hydrogen-bond donors (Lipinski definition) is 1. The highest BCUT2D eigenvalue weighted by atomic mass is 19.3. The van der Waals surface area contributed by atoms with E-state index < -0.39 is 12.0 Å². The van der Waals surface area contributed by atoms with Crippen LogP contribution >= 0.6 is 0 Å². The van der Waals surface area contributed by atoms with Crippen molar-refractivity contribution in [3.8, 4) is 11.4 Å². The van der Waals surface area contributed by atoms with Crippen LogP contribution in [0.25, 0.3) is 5.69 Å². The zero-order chi connectivity index (χ0) is 19.0. The number of hydrogen-bond acceptors (Lipinski definition) is 5. The molecule has 2 aliphatic heterocycles. The predicted molar refractivity (Wildman–Crippen MR) is 98.0 cm³/mol. The highest BCUT2D eigenvalue weighted by Gasteiger charge is 2.36. The van der Waals surface area contributed by atoms with E-state index in [2.05, 4.69) is 16.1 Å². The summed E-state index contributed by atoms with van der Waals surface area (Å²) in [6.45, 7) is 4.17. The van der Waals surface area contributed by atoms with E-state index in [1.54, 1.807) is 11.1 Å². The van der Waals surface area contributed by atoms with Crippen LogP contribution in [0.15, 0.2) is 30.6 Å². The number of anilines is 1. The molecule has 1 aromatic heterocycles. The second kappa shape index (κ2) is 7.09. The fraction of sp³-hybridized carbons (Fsp3) is 0.526. The van der Waals surface area contributed by atoms with E-state index in [4.69, 9.17) is 4.74 Å². The third-order valence-electron chi connectivity index (χ3n) is 5.27. The first-order valence-corrected chi connectivity index (χ1v) is 9.20. The summed E-state index contributed by atoms with van der Waals surface area (Å²) < 4.78 is 33.1. The minimum atomic E-state index is -2.30. The Balaban J connectivity index is 1.64. The first-order chi connectivity index (χ1) is 13.0. The zero-order valence-corrected chi connectivity index (χ0v) is 15.3. The van der Waals surface area contributed by atoms with E-state index in [0.717, 1.165) is 22.7 Å². The molecule has 1 fully saturated rings. The van der Waals surface area contributed by atoms with Gasteiger partial charge in [0.15, 0.2) is 0 Å². The lowest BCUT2D eigenvalue weighted by atomic mass is 9.99. The molecule has 0 radical (unpaired) electrons. The Labute approximate surface area is 156 Å². The van der Waals surface area contributed by atoms with Crippen molar-refractivity contribution in [3.05, 3.63) is 36.2 Å². The number of alkyl halides is 2. The van der Waals surface area contributed by atoms with Crippen LogP contribution in [0.4, 0.5) is 14.5 Å². The first-order valence-electron chi connectivity index (χ1n) is 9.20. The Morgan fingerprint density at radius 2 is 2.00 bits per heavy atom.